The van der Waals surface area contributed by atoms with Gasteiger partial charge in [-0.2, -0.15) is 109 Å². The molecule has 8 bridgehead atoms. The van der Waals surface area contributed by atoms with Crippen LogP contribution in [0.2, 0.25) is 0 Å². The number of alkyl halides is 24. The first-order chi connectivity index (χ1) is 44.6. The largest absolute Gasteiger partial charge is 2.00 e. The third-order valence-corrected chi connectivity index (χ3v) is 12.9. The van der Waals surface area contributed by atoms with E-state index in [2.05, 4.69) is 58.8 Å². The molecule has 0 amide bonds. The molecule has 9 rings (SSSR count). The van der Waals surface area contributed by atoms with Gasteiger partial charge in [0, 0.05) is 67.1 Å². The molecule has 97 heavy (non-hydrogen) atoms. The van der Waals surface area contributed by atoms with Crippen LogP contribution in [0.4, 0.5) is 105 Å². The van der Waals surface area contributed by atoms with Gasteiger partial charge in [-0.3, -0.25) is 0 Å². The van der Waals surface area contributed by atoms with E-state index in [0.29, 0.717) is 48.5 Å². The third-order valence-electron chi connectivity index (χ3n) is 12.9. The van der Waals surface area contributed by atoms with E-state index in [1.807, 2.05) is 0 Å². The number of allylic oxidation sites excluding steroid dienone is 2. The number of hydrogen-bond acceptors (Lipinski definition) is 14. The van der Waals surface area contributed by atoms with Crippen molar-refractivity contribution >= 4 is 44.9 Å². The van der Waals surface area contributed by atoms with Crippen LogP contribution in [0.5, 0.6) is 23.0 Å². The Bertz CT molecular complexity index is 4400. The Morgan fingerprint density at radius 1 is 0.320 bits per heavy atom. The van der Waals surface area contributed by atoms with Crippen molar-refractivity contribution in [2.45, 2.75) is 73.8 Å². The molecular formula is C56H20CoF24N12O4. The molecule has 505 valence electrons. The molecule has 16 nitrogen and oxygen atoms in total. The topological polar surface area (TPSA) is 238 Å². The summed E-state index contributed by atoms with van der Waals surface area (Å²) in [6.45, 7) is 0. The predicted molar refractivity (Wildman–Crippen MR) is 272 cm³/mol. The zero-order chi connectivity index (χ0) is 70.8. The van der Waals surface area contributed by atoms with Crippen LogP contribution in [0.25, 0.3) is 67.1 Å². The van der Waals surface area contributed by atoms with Gasteiger partial charge in [-0.25, -0.2) is 27.5 Å². The zero-order valence-electron chi connectivity index (χ0n) is 46.0. The first-order valence-corrected chi connectivity index (χ1v) is 25.4. The Labute approximate surface area is 531 Å². The minimum Gasteiger partial charge on any atom is -0.429 e. The quantitative estimate of drug-likeness (QED) is 0.0817. The van der Waals surface area contributed by atoms with Crippen molar-refractivity contribution in [1.82, 2.24) is 39.9 Å². The molecule has 2 aliphatic rings. The molecule has 4 aromatic carbocycles. The van der Waals surface area contributed by atoms with Crippen molar-refractivity contribution in [3.8, 4) is 69.5 Å². The molecule has 0 fully saturated rings. The average Bonchev–Trinajstić information content (AvgIpc) is 1.59. The molecule has 0 saturated carbocycles. The second kappa shape index (κ2) is 25.7. The number of fused-ring (bicyclic) bond motifs is 8. The maximum absolute atomic E-state index is 15.3. The van der Waals surface area contributed by atoms with Crippen LogP contribution in [-0.2, 0) is 16.8 Å². The number of benzene rings is 4. The first-order valence-electron chi connectivity index (χ1n) is 25.4. The van der Waals surface area contributed by atoms with E-state index >= 15 is 35.1 Å². The van der Waals surface area contributed by atoms with Gasteiger partial charge >= 0.3 is 65.9 Å². The van der Waals surface area contributed by atoms with Crippen molar-refractivity contribution in [2.24, 2.45) is 0 Å². The summed E-state index contributed by atoms with van der Waals surface area (Å²) >= 11 is 0. The Morgan fingerprint density at radius 3 is 0.804 bits per heavy atom. The SMILES string of the molecule is N#CC1=C(c2ccccc2OC(F)(F)C(F)C(F)(F)F)c2nc1nc1[n-]c(nc3nc(nc4[n-]c(n2)c(C#N)c4-c2ccccc2OC(F)(F)C(F)C(F)(F)F)C(C#N)=C3c2ccccc2OC(F)(F)C(F)C(F)(F)F)c(C#N)c1-c1ccccc1OC(F)(F)C(F)C(F)(F)F.[Co+2]. The number of hydrogen-bond donors (Lipinski definition) is 0. The van der Waals surface area contributed by atoms with Gasteiger partial charge in [-0.15, -0.1) is 0 Å². The number of nitrogens with zero attached hydrogens (tertiary/aromatic N) is 12. The third kappa shape index (κ3) is 14.0. The molecule has 2 aliphatic heterocycles. The molecule has 1 radical (unpaired) electrons. The van der Waals surface area contributed by atoms with Crippen LogP contribution in [0.1, 0.15) is 45.6 Å². The van der Waals surface area contributed by atoms with Crippen molar-refractivity contribution in [3.05, 3.63) is 143 Å². The molecule has 4 unspecified atom stereocenters. The monoisotopic (exact) mass is 1440 g/mol. The molecule has 5 heterocycles. The molecule has 3 aromatic heterocycles. The van der Waals surface area contributed by atoms with E-state index in [1.165, 1.54) is 24.3 Å². The minimum absolute atomic E-state index is 0. The van der Waals surface area contributed by atoms with Crippen LogP contribution < -0.4 is 28.9 Å². The van der Waals surface area contributed by atoms with Crippen molar-refractivity contribution < 1.29 is 141 Å². The zero-order valence-corrected chi connectivity index (χ0v) is 47.0. The summed E-state index contributed by atoms with van der Waals surface area (Å²) in [7, 11) is 0. The molecule has 0 spiro atoms. The second-order valence-corrected chi connectivity index (χ2v) is 19.2. The van der Waals surface area contributed by atoms with Gasteiger partial charge in [0.15, 0.2) is 0 Å². The number of para-hydroxylation sites is 4. The fourth-order valence-corrected chi connectivity index (χ4v) is 8.84. The van der Waals surface area contributed by atoms with Crippen LogP contribution in [0.3, 0.4) is 0 Å². The summed E-state index contributed by atoms with van der Waals surface area (Å²) in [6, 6.07) is 16.4. The summed E-state index contributed by atoms with van der Waals surface area (Å²) in [5.74, 6) is -11.4. The van der Waals surface area contributed by atoms with Crippen LogP contribution >= 0.6 is 0 Å². The summed E-state index contributed by atoms with van der Waals surface area (Å²) in [4.78, 5) is 32.3. The Balaban J connectivity index is 0.0000120. The fraction of sp³-hybridized carbons (Fsp3) is 0.214. The smallest absolute Gasteiger partial charge is 0.429 e. The van der Waals surface area contributed by atoms with E-state index < -0.39 is 210 Å². The van der Waals surface area contributed by atoms with Gasteiger partial charge in [0.05, 0.1) is 33.9 Å². The van der Waals surface area contributed by atoms with E-state index in [9.17, 15) is 91.3 Å². The summed E-state index contributed by atoms with van der Waals surface area (Å²) in [6.07, 6.45) is -69.8. The van der Waals surface area contributed by atoms with Crippen LogP contribution in [-0.4, -0.2) is 104 Å². The molecule has 0 aliphatic carbocycles. The number of ether oxygens (including phenoxy) is 4. The first kappa shape index (κ1) is 72.0. The number of halogens is 24. The van der Waals surface area contributed by atoms with Crippen LogP contribution in [0, 0.1) is 45.3 Å². The van der Waals surface area contributed by atoms with Crippen molar-refractivity contribution in [3.63, 3.8) is 0 Å². The predicted octanol–water partition coefficient (Wildman–Crippen LogP) is 14.7. The number of nitriles is 4. The van der Waals surface area contributed by atoms with E-state index in [-0.39, 0.29) is 16.8 Å². The van der Waals surface area contributed by atoms with Crippen LogP contribution in [0.15, 0.2) is 97.1 Å². The maximum atomic E-state index is 15.3. The van der Waals surface area contributed by atoms with Gasteiger partial charge < -0.3 is 48.9 Å². The summed E-state index contributed by atoms with van der Waals surface area (Å²) < 4.78 is 359. The average molecular weight is 1440 g/mol. The van der Waals surface area contributed by atoms with Crippen molar-refractivity contribution in [2.75, 3.05) is 0 Å². The maximum Gasteiger partial charge on any atom is 2.00 e. The summed E-state index contributed by atoms with van der Waals surface area (Å²) in [5.41, 5.74) is -19.2. The van der Waals surface area contributed by atoms with E-state index in [1.54, 1.807) is 0 Å². The molecule has 0 N–H and O–H groups in total. The molecule has 0 saturated heterocycles. The Morgan fingerprint density at radius 2 is 0.557 bits per heavy atom. The van der Waals surface area contributed by atoms with E-state index in [4.69, 9.17) is 0 Å². The standard InChI is InChI=1S/C56H20F24N12O4.Co/c57-45(49(61,62)63)53(73,74)93-29-13-5-1-9-21(29)33-25(17-81)37-85-41(33)89-38-26(18-82)34(22-10-2-6-14-30(22)94-54(75,76)46(58)50(64,65)66)43(86-38)91-40-28(20-84)36(24-12-4-8-16-32(24)96-56(79,80)48(60)52(70,71)72)44(88-40)92-39-27(19-83)35(42(87-39)90-37)23-11-3-7-15-31(23)95-55(77,78)47(59)51(67,68)69;/h1-16,45-48H;/q-2;+2. The van der Waals surface area contributed by atoms with Gasteiger partial charge in [0.25, 0.3) is 24.7 Å². The normalized spacial score (nSPS) is 14.6. The van der Waals surface area contributed by atoms with Crippen molar-refractivity contribution in [1.29, 1.82) is 21.0 Å². The second-order valence-electron chi connectivity index (χ2n) is 19.2. The molecular weight excluding hydrogens is 1420 g/mol. The van der Waals surface area contributed by atoms with Gasteiger partial charge in [-0.05, 0) is 24.3 Å². The molecule has 4 atom stereocenters. The Hall–Kier alpha value is -10.8. The number of rotatable bonds is 16. The van der Waals surface area contributed by atoms with Gasteiger partial charge in [0.1, 0.15) is 58.9 Å². The summed E-state index contributed by atoms with van der Waals surface area (Å²) in [5, 5.41) is 43.7. The fourth-order valence-electron chi connectivity index (χ4n) is 8.84. The molecule has 41 heteroatoms. The molecule has 7 aromatic rings. The van der Waals surface area contributed by atoms with E-state index in [0.717, 1.165) is 48.5 Å². The minimum atomic E-state index is -6.39. The van der Waals surface area contributed by atoms with Gasteiger partial charge in [-0.1, -0.05) is 72.8 Å². The Kier molecular flexibility index (Phi) is 19.1. The number of aromatic nitrogens is 8. The van der Waals surface area contributed by atoms with Gasteiger partial charge in [0.2, 0.25) is 0 Å².